The Balaban J connectivity index is 1.98. The van der Waals surface area contributed by atoms with Crippen molar-refractivity contribution in [3.63, 3.8) is 0 Å². The Hall–Kier alpha value is -2.96. The zero-order valence-electron chi connectivity index (χ0n) is 16.5. The highest BCUT2D eigenvalue weighted by atomic mass is 79.9. The number of aromatic amines is 1. The standard InChI is InChI=1S/C21H19BrN4O3S/c1-4-28-15-7-11(6-14(22)19(15)27)16-13(8-23)20(24)29-21-17(16)18(25-26-21)12-5-9(2)30-10(12)3/h5-7,16,27H,4,24H2,1-3H3,(H,25,26)/t16-/m0/s1. The summed E-state index contributed by atoms with van der Waals surface area (Å²) in [5, 5.41) is 27.6. The van der Waals surface area contributed by atoms with Crippen LogP contribution in [0.15, 0.2) is 34.1 Å². The van der Waals surface area contributed by atoms with Gasteiger partial charge in [-0.3, -0.25) is 5.10 Å². The first-order chi connectivity index (χ1) is 14.3. The minimum atomic E-state index is -0.539. The molecule has 9 heteroatoms. The molecule has 154 valence electrons. The van der Waals surface area contributed by atoms with Crippen LogP contribution in [0.25, 0.3) is 11.3 Å². The van der Waals surface area contributed by atoms with Crippen LogP contribution in [0.5, 0.6) is 17.4 Å². The molecule has 7 nitrogen and oxygen atoms in total. The fraction of sp³-hybridized carbons (Fsp3) is 0.238. The van der Waals surface area contributed by atoms with Crippen molar-refractivity contribution >= 4 is 27.3 Å². The number of halogens is 1. The van der Waals surface area contributed by atoms with Gasteiger partial charge < -0.3 is 20.3 Å². The number of nitrogens with one attached hydrogen (secondary N) is 1. The lowest BCUT2D eigenvalue weighted by Gasteiger charge is -2.25. The van der Waals surface area contributed by atoms with Crippen LogP contribution in [-0.4, -0.2) is 21.9 Å². The molecule has 0 aliphatic carbocycles. The maximum absolute atomic E-state index is 10.3. The Morgan fingerprint density at radius 2 is 2.17 bits per heavy atom. The Morgan fingerprint density at radius 3 is 2.80 bits per heavy atom. The smallest absolute Gasteiger partial charge is 0.244 e. The molecule has 4 rings (SSSR count). The van der Waals surface area contributed by atoms with E-state index in [1.807, 2.05) is 20.8 Å². The van der Waals surface area contributed by atoms with Gasteiger partial charge in [-0.15, -0.1) is 16.4 Å². The van der Waals surface area contributed by atoms with E-state index in [-0.39, 0.29) is 17.2 Å². The lowest BCUT2D eigenvalue weighted by molar-refractivity contribution is 0.316. The third kappa shape index (κ3) is 3.22. The van der Waals surface area contributed by atoms with Gasteiger partial charge in [0.1, 0.15) is 11.6 Å². The van der Waals surface area contributed by atoms with Crippen LogP contribution in [0.3, 0.4) is 0 Å². The van der Waals surface area contributed by atoms with Crippen molar-refractivity contribution in [3.05, 3.63) is 55.0 Å². The topological polar surface area (TPSA) is 117 Å². The molecule has 1 aliphatic heterocycles. The summed E-state index contributed by atoms with van der Waals surface area (Å²) in [5.41, 5.74) is 9.57. The van der Waals surface area contributed by atoms with E-state index in [9.17, 15) is 10.4 Å². The molecule has 0 unspecified atom stereocenters. The first kappa shape index (κ1) is 20.3. The van der Waals surface area contributed by atoms with Gasteiger partial charge in [0.2, 0.25) is 11.8 Å². The number of allylic oxidation sites excluding steroid dienone is 1. The SMILES string of the molecule is CCOc1cc([C@H]2C(C#N)=C(N)Oc3n[nH]c(-c4cc(C)sc4C)c32)cc(Br)c1O. The van der Waals surface area contributed by atoms with Crippen LogP contribution in [0.4, 0.5) is 0 Å². The molecular weight excluding hydrogens is 468 g/mol. The highest BCUT2D eigenvalue weighted by molar-refractivity contribution is 9.10. The van der Waals surface area contributed by atoms with Gasteiger partial charge in [-0.2, -0.15) is 5.26 Å². The number of aryl methyl sites for hydroxylation is 2. The molecule has 0 spiro atoms. The van der Waals surface area contributed by atoms with Crippen molar-refractivity contribution in [1.29, 1.82) is 5.26 Å². The van der Waals surface area contributed by atoms with Crippen LogP contribution in [0.1, 0.15) is 33.7 Å². The number of H-pyrrole nitrogens is 1. The van der Waals surface area contributed by atoms with Crippen molar-refractivity contribution in [2.75, 3.05) is 6.61 Å². The Bertz CT molecular complexity index is 1220. The summed E-state index contributed by atoms with van der Waals surface area (Å²) in [6, 6.07) is 7.74. The van der Waals surface area contributed by atoms with Crippen LogP contribution >= 0.6 is 27.3 Å². The highest BCUT2D eigenvalue weighted by Gasteiger charge is 2.36. The fourth-order valence-electron chi connectivity index (χ4n) is 3.69. The molecule has 3 aromatic rings. The summed E-state index contributed by atoms with van der Waals surface area (Å²) in [6.45, 7) is 6.30. The average molecular weight is 487 g/mol. The largest absolute Gasteiger partial charge is 0.503 e. The lowest BCUT2D eigenvalue weighted by Crippen LogP contribution is -2.21. The van der Waals surface area contributed by atoms with E-state index < -0.39 is 5.92 Å². The molecule has 3 heterocycles. The molecule has 2 aromatic heterocycles. The van der Waals surface area contributed by atoms with Gasteiger partial charge in [-0.05, 0) is 60.5 Å². The number of phenolic OH excluding ortho intramolecular Hbond substituents is 1. The fourth-order valence-corrected chi connectivity index (χ4v) is 5.08. The molecule has 0 radical (unpaired) electrons. The Morgan fingerprint density at radius 1 is 1.40 bits per heavy atom. The number of nitrogens with zero attached hydrogens (tertiary/aromatic N) is 2. The van der Waals surface area contributed by atoms with Gasteiger partial charge in [0.05, 0.1) is 28.3 Å². The van der Waals surface area contributed by atoms with Gasteiger partial charge in [0.25, 0.3) is 0 Å². The third-order valence-corrected chi connectivity index (χ3v) is 6.50. The summed E-state index contributed by atoms with van der Waals surface area (Å²) in [4.78, 5) is 2.29. The molecule has 0 bridgehead atoms. The van der Waals surface area contributed by atoms with E-state index in [1.165, 1.54) is 4.88 Å². The van der Waals surface area contributed by atoms with Crippen molar-refractivity contribution in [3.8, 4) is 34.7 Å². The van der Waals surface area contributed by atoms with Gasteiger partial charge >= 0.3 is 0 Å². The van der Waals surface area contributed by atoms with E-state index >= 15 is 0 Å². The number of ether oxygens (including phenoxy) is 2. The van der Waals surface area contributed by atoms with Crippen LogP contribution in [0.2, 0.25) is 0 Å². The predicted octanol–water partition coefficient (Wildman–Crippen LogP) is 4.84. The van der Waals surface area contributed by atoms with Crippen molar-refractivity contribution in [2.45, 2.75) is 26.7 Å². The number of nitriles is 1. The molecule has 0 fully saturated rings. The monoisotopic (exact) mass is 486 g/mol. The van der Waals surface area contributed by atoms with E-state index in [2.05, 4.69) is 38.3 Å². The first-order valence-corrected chi connectivity index (χ1v) is 10.8. The molecule has 1 atom stereocenters. The number of rotatable bonds is 4. The maximum Gasteiger partial charge on any atom is 0.244 e. The van der Waals surface area contributed by atoms with Gasteiger partial charge in [-0.25, -0.2) is 0 Å². The number of hydrogen-bond donors (Lipinski definition) is 3. The van der Waals surface area contributed by atoms with Gasteiger partial charge in [0.15, 0.2) is 11.5 Å². The van der Waals surface area contributed by atoms with Crippen LogP contribution in [-0.2, 0) is 0 Å². The van der Waals surface area contributed by atoms with Gasteiger partial charge in [0, 0.05) is 15.3 Å². The normalized spacial score (nSPS) is 15.5. The van der Waals surface area contributed by atoms with E-state index in [1.54, 1.807) is 23.5 Å². The summed E-state index contributed by atoms with van der Waals surface area (Å²) >= 11 is 5.07. The summed E-state index contributed by atoms with van der Waals surface area (Å²) < 4.78 is 11.7. The summed E-state index contributed by atoms with van der Waals surface area (Å²) in [5.74, 6) is 0.118. The maximum atomic E-state index is 10.3. The second kappa shape index (κ2) is 7.70. The third-order valence-electron chi connectivity index (χ3n) is 4.93. The second-order valence-corrected chi connectivity index (χ2v) is 9.17. The molecule has 0 amide bonds. The molecule has 1 aromatic carbocycles. The molecule has 1 aliphatic rings. The number of nitrogens with two attached hydrogens (primary N) is 1. The molecule has 0 saturated carbocycles. The average Bonchev–Trinajstić information content (AvgIpc) is 3.26. The summed E-state index contributed by atoms with van der Waals surface area (Å²) in [7, 11) is 0. The molecule has 0 saturated heterocycles. The van der Waals surface area contributed by atoms with Crippen LogP contribution in [0, 0.1) is 25.2 Å². The number of hydrogen-bond acceptors (Lipinski definition) is 7. The molecule has 4 N–H and O–H groups in total. The molecular formula is C21H19BrN4O3S. The van der Waals surface area contributed by atoms with Crippen molar-refractivity contribution < 1.29 is 14.6 Å². The summed E-state index contributed by atoms with van der Waals surface area (Å²) in [6.07, 6.45) is 0. The number of thiophene rings is 1. The van der Waals surface area contributed by atoms with E-state index in [4.69, 9.17) is 15.2 Å². The Kier molecular flexibility index (Phi) is 5.22. The zero-order chi connectivity index (χ0) is 21.6. The highest BCUT2D eigenvalue weighted by Crippen LogP contribution is 2.49. The molecule has 30 heavy (non-hydrogen) atoms. The minimum Gasteiger partial charge on any atom is -0.503 e. The number of aromatic hydroxyl groups is 1. The zero-order valence-corrected chi connectivity index (χ0v) is 18.9. The first-order valence-electron chi connectivity index (χ1n) is 9.24. The second-order valence-electron chi connectivity index (χ2n) is 6.85. The quantitative estimate of drug-likeness (QED) is 0.485. The number of aromatic nitrogens is 2. The predicted molar refractivity (Wildman–Crippen MR) is 118 cm³/mol. The van der Waals surface area contributed by atoms with E-state index in [0.717, 1.165) is 27.3 Å². The van der Waals surface area contributed by atoms with Gasteiger partial charge in [-0.1, -0.05) is 0 Å². The minimum absolute atomic E-state index is 0.0000583. The number of benzene rings is 1. The Labute approximate surface area is 185 Å². The van der Waals surface area contributed by atoms with E-state index in [0.29, 0.717) is 22.7 Å². The number of phenols is 1. The number of fused-ring (bicyclic) bond motifs is 1. The van der Waals surface area contributed by atoms with Crippen molar-refractivity contribution in [1.82, 2.24) is 10.2 Å². The lowest BCUT2D eigenvalue weighted by atomic mass is 9.83. The van der Waals surface area contributed by atoms with Crippen LogP contribution < -0.4 is 15.2 Å². The van der Waals surface area contributed by atoms with Crippen molar-refractivity contribution in [2.24, 2.45) is 5.73 Å².